The van der Waals surface area contributed by atoms with Crippen LogP contribution < -0.4 is 10.6 Å². The van der Waals surface area contributed by atoms with Gasteiger partial charge in [0.1, 0.15) is 5.52 Å². The van der Waals surface area contributed by atoms with E-state index in [9.17, 15) is 9.59 Å². The number of nitrogens with zero attached hydrogens (tertiary/aromatic N) is 3. The maximum atomic E-state index is 10.3. The van der Waals surface area contributed by atoms with E-state index in [1.54, 1.807) is 0 Å². The van der Waals surface area contributed by atoms with Crippen molar-refractivity contribution < 1.29 is 9.59 Å². The van der Waals surface area contributed by atoms with Crippen LogP contribution in [-0.2, 0) is 9.59 Å². The molecule has 0 bridgehead atoms. The van der Waals surface area contributed by atoms with E-state index in [-0.39, 0.29) is 11.8 Å². The minimum Gasteiger partial charge on any atom is -0.340 e. The molecule has 8 heteroatoms. The van der Waals surface area contributed by atoms with Gasteiger partial charge in [-0.05, 0) is 0 Å². The van der Waals surface area contributed by atoms with Crippen LogP contribution in [0.3, 0.4) is 0 Å². The van der Waals surface area contributed by atoms with Gasteiger partial charge in [-0.3, -0.25) is 14.9 Å². The van der Waals surface area contributed by atoms with Crippen molar-refractivity contribution >= 4 is 35.8 Å². The minimum absolute atomic E-state index is 0.0777. The number of H-pyrrole nitrogens is 1. The number of fused-ring (bicyclic) bond motifs is 1. The zero-order valence-electron chi connectivity index (χ0n) is 7.39. The van der Waals surface area contributed by atoms with Crippen molar-refractivity contribution in [2.24, 2.45) is 0 Å². The van der Waals surface area contributed by atoms with Gasteiger partial charge in [0.05, 0.1) is 6.33 Å². The third-order valence-electron chi connectivity index (χ3n) is 1.67. The molecular weight excluding hydrogens is 200 g/mol. The summed E-state index contributed by atoms with van der Waals surface area (Å²) in [5, 5.41) is 4.65. The van der Waals surface area contributed by atoms with Crippen molar-refractivity contribution in [2.75, 3.05) is 10.6 Å². The maximum Gasteiger partial charge on any atom is 0.233 e. The van der Waals surface area contributed by atoms with Crippen molar-refractivity contribution in [1.29, 1.82) is 0 Å². The summed E-state index contributed by atoms with van der Waals surface area (Å²) < 4.78 is 0. The quantitative estimate of drug-likeness (QED) is 0.583. The van der Waals surface area contributed by atoms with Crippen LogP contribution in [-0.4, -0.2) is 32.8 Å². The number of hydrogen-bond donors (Lipinski definition) is 3. The standard InChI is InChI=1S/C7H6N6O2/c14-2-10-6-4-5(9-1-8-4)12-7(13-6)11-3-15/h1-3H,(H3,8,9,10,11,12,13,14,15). The second kappa shape index (κ2) is 3.70. The molecule has 76 valence electrons. The predicted molar refractivity (Wildman–Crippen MR) is 51.1 cm³/mol. The van der Waals surface area contributed by atoms with E-state index >= 15 is 0 Å². The molecule has 2 amide bonds. The van der Waals surface area contributed by atoms with Gasteiger partial charge in [0.15, 0.2) is 11.5 Å². The lowest BCUT2D eigenvalue weighted by atomic mass is 10.5. The average molecular weight is 206 g/mol. The van der Waals surface area contributed by atoms with E-state index in [1.165, 1.54) is 6.33 Å². The topological polar surface area (TPSA) is 113 Å². The maximum absolute atomic E-state index is 10.3. The second-order valence-electron chi connectivity index (χ2n) is 2.52. The zero-order valence-corrected chi connectivity index (χ0v) is 7.39. The molecule has 8 nitrogen and oxygen atoms in total. The van der Waals surface area contributed by atoms with E-state index in [4.69, 9.17) is 0 Å². The number of aromatic amines is 1. The van der Waals surface area contributed by atoms with Crippen molar-refractivity contribution in [3.63, 3.8) is 0 Å². The van der Waals surface area contributed by atoms with Crippen molar-refractivity contribution in [3.8, 4) is 0 Å². The molecule has 0 aromatic carbocycles. The molecule has 2 aromatic heterocycles. The molecule has 0 radical (unpaired) electrons. The van der Waals surface area contributed by atoms with Gasteiger partial charge in [-0.2, -0.15) is 9.97 Å². The summed E-state index contributed by atoms with van der Waals surface area (Å²) in [4.78, 5) is 35.0. The average Bonchev–Trinajstić information content (AvgIpc) is 2.67. The molecule has 15 heavy (non-hydrogen) atoms. The largest absolute Gasteiger partial charge is 0.340 e. The highest BCUT2D eigenvalue weighted by Gasteiger charge is 2.08. The lowest BCUT2D eigenvalue weighted by Crippen LogP contribution is -2.05. The second-order valence-corrected chi connectivity index (χ2v) is 2.52. The SMILES string of the molecule is O=CNc1nc(NC=O)c2[nH]cnc2n1. The molecule has 2 heterocycles. The van der Waals surface area contributed by atoms with Gasteiger partial charge in [0.25, 0.3) is 0 Å². The predicted octanol–water partition coefficient (Wildman–Crippen LogP) is -0.511. The highest BCUT2D eigenvalue weighted by atomic mass is 16.1. The summed E-state index contributed by atoms with van der Waals surface area (Å²) in [6.07, 6.45) is 2.34. The molecule has 2 rings (SSSR count). The molecule has 0 fully saturated rings. The fourth-order valence-corrected chi connectivity index (χ4v) is 1.11. The van der Waals surface area contributed by atoms with E-state index in [0.29, 0.717) is 24.0 Å². The Balaban J connectivity index is 2.57. The van der Waals surface area contributed by atoms with Crippen LogP contribution in [0.25, 0.3) is 11.2 Å². The minimum atomic E-state index is 0.0777. The Morgan fingerprint density at radius 3 is 2.73 bits per heavy atom. The van der Waals surface area contributed by atoms with E-state index in [1.807, 2.05) is 0 Å². The van der Waals surface area contributed by atoms with Gasteiger partial charge in [0.2, 0.25) is 18.8 Å². The molecule has 0 saturated heterocycles. The highest BCUT2D eigenvalue weighted by molar-refractivity contribution is 5.89. The summed E-state index contributed by atoms with van der Waals surface area (Å²) >= 11 is 0. The van der Waals surface area contributed by atoms with Crippen LogP contribution in [0.5, 0.6) is 0 Å². The van der Waals surface area contributed by atoms with Crippen molar-refractivity contribution in [3.05, 3.63) is 6.33 Å². The van der Waals surface area contributed by atoms with Crippen LogP contribution in [0.4, 0.5) is 11.8 Å². The third kappa shape index (κ3) is 1.59. The first-order chi connectivity index (χ1) is 7.35. The first-order valence-electron chi connectivity index (χ1n) is 3.96. The molecule has 0 saturated carbocycles. The Kier molecular flexibility index (Phi) is 2.23. The first kappa shape index (κ1) is 9.06. The summed E-state index contributed by atoms with van der Waals surface area (Å²) in [6.45, 7) is 0. The summed E-state index contributed by atoms with van der Waals surface area (Å²) in [5.74, 6) is 0.339. The molecule has 0 aliphatic carbocycles. The highest BCUT2D eigenvalue weighted by Crippen LogP contribution is 2.17. The number of nitrogens with one attached hydrogen (secondary N) is 3. The number of anilines is 2. The Morgan fingerprint density at radius 1 is 1.20 bits per heavy atom. The zero-order chi connectivity index (χ0) is 10.7. The normalized spacial score (nSPS) is 9.87. The van der Waals surface area contributed by atoms with Gasteiger partial charge in [-0.25, -0.2) is 4.98 Å². The first-order valence-corrected chi connectivity index (χ1v) is 3.96. The number of carbonyl (C=O) groups is 2. The smallest absolute Gasteiger partial charge is 0.233 e. The Hall–Kier alpha value is -2.51. The number of aromatic nitrogens is 4. The summed E-state index contributed by atoms with van der Waals surface area (Å²) in [7, 11) is 0. The molecule has 0 aliphatic rings. The number of amides is 2. The van der Waals surface area contributed by atoms with Gasteiger partial charge < -0.3 is 10.3 Å². The number of hydrogen-bond acceptors (Lipinski definition) is 5. The number of imidazole rings is 1. The van der Waals surface area contributed by atoms with Crippen LogP contribution in [0.15, 0.2) is 6.33 Å². The van der Waals surface area contributed by atoms with Gasteiger partial charge in [-0.15, -0.1) is 0 Å². The Labute approximate surface area is 83.1 Å². The lowest BCUT2D eigenvalue weighted by molar-refractivity contribution is -0.106. The number of rotatable bonds is 4. The summed E-state index contributed by atoms with van der Waals surface area (Å²) in [6, 6.07) is 0. The van der Waals surface area contributed by atoms with Crippen molar-refractivity contribution in [1.82, 2.24) is 19.9 Å². The van der Waals surface area contributed by atoms with Crippen LogP contribution in [0, 0.1) is 0 Å². The molecule has 0 atom stereocenters. The molecule has 3 N–H and O–H groups in total. The monoisotopic (exact) mass is 206 g/mol. The number of carbonyl (C=O) groups excluding carboxylic acids is 2. The van der Waals surface area contributed by atoms with Crippen LogP contribution in [0.2, 0.25) is 0 Å². The molecular formula is C7H6N6O2. The fourth-order valence-electron chi connectivity index (χ4n) is 1.11. The van der Waals surface area contributed by atoms with E-state index in [0.717, 1.165) is 0 Å². The van der Waals surface area contributed by atoms with Gasteiger partial charge >= 0.3 is 0 Å². The van der Waals surface area contributed by atoms with E-state index in [2.05, 4.69) is 30.6 Å². The van der Waals surface area contributed by atoms with Gasteiger partial charge in [0, 0.05) is 0 Å². The Morgan fingerprint density at radius 2 is 2.00 bits per heavy atom. The lowest BCUT2D eigenvalue weighted by Gasteiger charge is -2.01. The molecule has 0 aliphatic heterocycles. The third-order valence-corrected chi connectivity index (χ3v) is 1.67. The van der Waals surface area contributed by atoms with Crippen molar-refractivity contribution in [2.45, 2.75) is 0 Å². The molecule has 0 spiro atoms. The van der Waals surface area contributed by atoms with Crippen LogP contribution >= 0.6 is 0 Å². The molecule has 2 aromatic rings. The molecule has 0 unspecified atom stereocenters. The fraction of sp³-hybridized carbons (Fsp3) is 0. The van der Waals surface area contributed by atoms with Gasteiger partial charge in [-0.1, -0.05) is 0 Å². The summed E-state index contributed by atoms with van der Waals surface area (Å²) in [5.41, 5.74) is 0.859. The van der Waals surface area contributed by atoms with Crippen LogP contribution in [0.1, 0.15) is 0 Å². The van der Waals surface area contributed by atoms with E-state index < -0.39 is 0 Å². The Bertz CT molecular complexity index is 507.